The van der Waals surface area contributed by atoms with Gasteiger partial charge in [-0.2, -0.15) is 0 Å². The number of nitrogens with zero attached hydrogens (tertiary/aromatic N) is 3. The number of hydrogen-bond donors (Lipinski definition) is 1. The molecule has 5 heteroatoms. The van der Waals surface area contributed by atoms with Crippen molar-refractivity contribution in [3.05, 3.63) is 85.4 Å². The minimum atomic E-state index is 0.518. The summed E-state index contributed by atoms with van der Waals surface area (Å²) in [4.78, 5) is 11.6. The fourth-order valence-corrected chi connectivity index (χ4v) is 3.71. The van der Waals surface area contributed by atoms with E-state index >= 15 is 0 Å². The zero-order chi connectivity index (χ0) is 21.6. The zero-order valence-electron chi connectivity index (χ0n) is 18.0. The van der Waals surface area contributed by atoms with Crippen molar-refractivity contribution in [2.24, 2.45) is 0 Å². The monoisotopic (exact) mass is 412 g/mol. The van der Waals surface area contributed by atoms with E-state index in [1.807, 2.05) is 55.6 Å². The Bertz CT molecular complexity index is 1130. The minimum absolute atomic E-state index is 0.518. The molecule has 0 aliphatic carbocycles. The van der Waals surface area contributed by atoms with Gasteiger partial charge in [-0.05, 0) is 56.5 Å². The highest BCUT2D eigenvalue weighted by atomic mass is 16.5. The molecule has 1 aliphatic rings. The molecule has 31 heavy (non-hydrogen) atoms. The van der Waals surface area contributed by atoms with Crippen LogP contribution in [-0.2, 0) is 4.74 Å². The van der Waals surface area contributed by atoms with Gasteiger partial charge in [0.15, 0.2) is 0 Å². The molecule has 0 radical (unpaired) electrons. The van der Waals surface area contributed by atoms with E-state index in [-0.39, 0.29) is 0 Å². The number of anilines is 2. The standard InChI is InChI=1S/C26H28N4O/c1-4-16-31-20(3)24-11-9-21-8-10-23(18-25(21)29-24)28-19(2)22-12-13-27-26(17-22)30-14-6-5-7-15-30/h4,8-13,16-18,28H,2-3,5-7,14-15H2,1H3. The molecule has 5 nitrogen and oxygen atoms in total. The van der Waals surface area contributed by atoms with Crippen molar-refractivity contribution >= 4 is 33.9 Å². The van der Waals surface area contributed by atoms with Gasteiger partial charge in [0, 0.05) is 41.6 Å². The molecular weight excluding hydrogens is 384 g/mol. The quantitative estimate of drug-likeness (QED) is 0.467. The second-order valence-electron chi connectivity index (χ2n) is 7.67. The first kappa shape index (κ1) is 20.7. The molecule has 3 heterocycles. The minimum Gasteiger partial charge on any atom is -0.464 e. The molecule has 2 aromatic heterocycles. The van der Waals surface area contributed by atoms with Crippen molar-refractivity contribution in [2.45, 2.75) is 26.2 Å². The van der Waals surface area contributed by atoms with Crippen LogP contribution in [0.3, 0.4) is 0 Å². The Morgan fingerprint density at radius 3 is 2.68 bits per heavy atom. The first-order valence-corrected chi connectivity index (χ1v) is 10.7. The largest absolute Gasteiger partial charge is 0.464 e. The summed E-state index contributed by atoms with van der Waals surface area (Å²) in [5, 5.41) is 4.47. The van der Waals surface area contributed by atoms with Gasteiger partial charge in [0.2, 0.25) is 0 Å². The van der Waals surface area contributed by atoms with E-state index in [1.54, 1.807) is 6.26 Å². The summed E-state index contributed by atoms with van der Waals surface area (Å²) < 4.78 is 5.46. The summed E-state index contributed by atoms with van der Waals surface area (Å²) in [6.07, 6.45) is 9.03. The van der Waals surface area contributed by atoms with Gasteiger partial charge >= 0.3 is 0 Å². The van der Waals surface area contributed by atoms with Crippen molar-refractivity contribution < 1.29 is 4.74 Å². The SMILES string of the molecule is C=C(Nc1ccc2ccc(C(=C)OC=CC)nc2c1)c1ccnc(N2CCCCC2)c1. The predicted octanol–water partition coefficient (Wildman–Crippen LogP) is 6.22. The van der Waals surface area contributed by atoms with Crippen LogP contribution in [0.4, 0.5) is 11.5 Å². The predicted molar refractivity (Wildman–Crippen MR) is 130 cm³/mol. The molecule has 0 unspecified atom stereocenters. The van der Waals surface area contributed by atoms with Crippen LogP contribution in [0.25, 0.3) is 22.4 Å². The van der Waals surface area contributed by atoms with Crippen molar-refractivity contribution in [1.82, 2.24) is 9.97 Å². The molecule has 1 aliphatic heterocycles. The average molecular weight is 413 g/mol. The number of piperidine rings is 1. The molecule has 0 atom stereocenters. The van der Waals surface area contributed by atoms with Crippen molar-refractivity contribution in [3.8, 4) is 0 Å². The number of allylic oxidation sites excluding steroid dienone is 1. The van der Waals surface area contributed by atoms with Gasteiger partial charge in [-0.1, -0.05) is 31.4 Å². The van der Waals surface area contributed by atoms with Crippen LogP contribution in [0, 0.1) is 0 Å². The normalized spacial score (nSPS) is 14.0. The lowest BCUT2D eigenvalue weighted by Gasteiger charge is -2.28. The summed E-state index contributed by atoms with van der Waals surface area (Å²) >= 11 is 0. The number of benzene rings is 1. The van der Waals surface area contributed by atoms with Crippen molar-refractivity contribution in [2.75, 3.05) is 23.3 Å². The van der Waals surface area contributed by atoms with Gasteiger partial charge in [-0.15, -0.1) is 0 Å². The van der Waals surface area contributed by atoms with Gasteiger partial charge in [0.25, 0.3) is 0 Å². The number of aromatic nitrogens is 2. The Labute approximate surface area is 183 Å². The van der Waals surface area contributed by atoms with E-state index in [2.05, 4.69) is 34.4 Å². The van der Waals surface area contributed by atoms with Gasteiger partial charge in [0.1, 0.15) is 17.3 Å². The number of fused-ring (bicyclic) bond motifs is 1. The van der Waals surface area contributed by atoms with E-state index in [4.69, 9.17) is 9.72 Å². The first-order valence-electron chi connectivity index (χ1n) is 10.7. The molecule has 4 rings (SSSR count). The topological polar surface area (TPSA) is 50.3 Å². The first-order chi connectivity index (χ1) is 15.1. The van der Waals surface area contributed by atoms with Crippen LogP contribution in [0.15, 0.2) is 74.2 Å². The number of hydrogen-bond acceptors (Lipinski definition) is 5. The maximum atomic E-state index is 5.46. The van der Waals surface area contributed by atoms with Gasteiger partial charge in [-0.25, -0.2) is 9.97 Å². The van der Waals surface area contributed by atoms with Crippen LogP contribution < -0.4 is 10.2 Å². The van der Waals surface area contributed by atoms with E-state index < -0.39 is 0 Å². The highest BCUT2D eigenvalue weighted by molar-refractivity contribution is 5.86. The molecular formula is C26H28N4O. The van der Waals surface area contributed by atoms with E-state index in [0.29, 0.717) is 11.5 Å². The molecule has 1 N–H and O–H groups in total. The third kappa shape index (κ3) is 4.94. The van der Waals surface area contributed by atoms with Crippen LogP contribution in [-0.4, -0.2) is 23.1 Å². The second-order valence-corrected chi connectivity index (χ2v) is 7.67. The highest BCUT2D eigenvalue weighted by Crippen LogP contribution is 2.25. The smallest absolute Gasteiger partial charge is 0.144 e. The van der Waals surface area contributed by atoms with E-state index in [1.165, 1.54) is 19.3 Å². The molecule has 1 aromatic carbocycles. The Balaban J connectivity index is 1.52. The molecule has 0 bridgehead atoms. The summed E-state index contributed by atoms with van der Waals surface area (Å²) in [7, 11) is 0. The maximum absolute atomic E-state index is 5.46. The number of rotatable bonds is 7. The Morgan fingerprint density at radius 1 is 1.06 bits per heavy atom. The Hall–Kier alpha value is -3.60. The lowest BCUT2D eigenvalue weighted by Crippen LogP contribution is -2.30. The van der Waals surface area contributed by atoms with Crippen LogP contribution in [0.1, 0.15) is 37.4 Å². The Morgan fingerprint density at radius 2 is 1.87 bits per heavy atom. The lowest BCUT2D eigenvalue weighted by atomic mass is 10.1. The van der Waals surface area contributed by atoms with E-state index in [9.17, 15) is 0 Å². The summed E-state index contributed by atoms with van der Waals surface area (Å²) in [6.45, 7) is 12.2. The molecule has 3 aromatic rings. The molecule has 0 amide bonds. The summed E-state index contributed by atoms with van der Waals surface area (Å²) in [5.41, 5.74) is 4.37. The number of pyridine rings is 2. The van der Waals surface area contributed by atoms with Gasteiger partial charge < -0.3 is 15.0 Å². The molecule has 1 saturated heterocycles. The molecule has 0 spiro atoms. The highest BCUT2D eigenvalue weighted by Gasteiger charge is 2.13. The van der Waals surface area contributed by atoms with Gasteiger partial charge in [-0.3, -0.25) is 0 Å². The third-order valence-corrected chi connectivity index (χ3v) is 5.39. The van der Waals surface area contributed by atoms with E-state index in [0.717, 1.165) is 46.8 Å². The second kappa shape index (κ2) is 9.47. The van der Waals surface area contributed by atoms with Crippen molar-refractivity contribution in [3.63, 3.8) is 0 Å². The summed E-state index contributed by atoms with van der Waals surface area (Å²) in [6, 6.07) is 14.1. The number of ether oxygens (including phenoxy) is 1. The third-order valence-electron chi connectivity index (χ3n) is 5.39. The lowest BCUT2D eigenvalue weighted by molar-refractivity contribution is 0.435. The van der Waals surface area contributed by atoms with Crippen molar-refractivity contribution in [1.29, 1.82) is 0 Å². The van der Waals surface area contributed by atoms with Crippen LogP contribution in [0.2, 0.25) is 0 Å². The van der Waals surface area contributed by atoms with Crippen LogP contribution >= 0.6 is 0 Å². The van der Waals surface area contributed by atoms with Gasteiger partial charge in [0.05, 0.1) is 11.8 Å². The Kier molecular flexibility index (Phi) is 6.32. The fourth-order valence-electron chi connectivity index (χ4n) is 3.71. The number of nitrogens with one attached hydrogen (secondary N) is 1. The molecule has 0 saturated carbocycles. The summed E-state index contributed by atoms with van der Waals surface area (Å²) in [5.74, 6) is 1.54. The molecule has 1 fully saturated rings. The fraction of sp³-hybridized carbons (Fsp3) is 0.231. The molecule has 158 valence electrons. The zero-order valence-corrected chi connectivity index (χ0v) is 18.0. The maximum Gasteiger partial charge on any atom is 0.144 e. The average Bonchev–Trinajstić information content (AvgIpc) is 2.82. The van der Waals surface area contributed by atoms with Crippen LogP contribution in [0.5, 0.6) is 0 Å².